The Morgan fingerprint density at radius 3 is 1.76 bits per heavy atom. The van der Waals surface area contributed by atoms with Gasteiger partial charge in [-0.3, -0.25) is 4.79 Å². The molecule has 21 heavy (non-hydrogen) atoms. The van der Waals surface area contributed by atoms with Gasteiger partial charge in [-0.15, -0.1) is 0 Å². The van der Waals surface area contributed by atoms with E-state index in [2.05, 4.69) is 0 Å². The monoisotopic (exact) mass is 292 g/mol. The van der Waals surface area contributed by atoms with Crippen LogP contribution in [0.25, 0.3) is 0 Å². The van der Waals surface area contributed by atoms with E-state index in [1.807, 2.05) is 6.07 Å². The first-order chi connectivity index (χ1) is 9.73. The van der Waals surface area contributed by atoms with Crippen molar-refractivity contribution >= 4 is 5.78 Å². The molecule has 2 aromatic rings. The van der Waals surface area contributed by atoms with Gasteiger partial charge < -0.3 is 0 Å². The van der Waals surface area contributed by atoms with Crippen LogP contribution in [0.4, 0.5) is 13.2 Å². The summed E-state index contributed by atoms with van der Waals surface area (Å²) >= 11 is 0. The summed E-state index contributed by atoms with van der Waals surface area (Å²) in [7, 11) is 0. The Bertz CT molecular complexity index is 625. The molecule has 110 valence electrons. The summed E-state index contributed by atoms with van der Waals surface area (Å²) in [4.78, 5) is 12.5. The van der Waals surface area contributed by atoms with Gasteiger partial charge in [0.25, 0.3) is 0 Å². The van der Waals surface area contributed by atoms with E-state index in [1.54, 1.807) is 38.1 Å². The van der Waals surface area contributed by atoms with Crippen LogP contribution in [0.5, 0.6) is 0 Å². The number of halogens is 3. The van der Waals surface area contributed by atoms with E-state index in [0.29, 0.717) is 11.1 Å². The molecule has 0 aliphatic carbocycles. The molecule has 4 heteroatoms. The second-order valence-electron chi connectivity index (χ2n) is 5.40. The number of hydrogen-bond donors (Lipinski definition) is 0. The van der Waals surface area contributed by atoms with Crippen molar-refractivity contribution in [2.75, 3.05) is 0 Å². The fraction of sp³-hybridized carbons (Fsp3) is 0.235. The van der Waals surface area contributed by atoms with Crippen LogP contribution in [0, 0.1) is 0 Å². The second kappa shape index (κ2) is 5.35. The minimum absolute atomic E-state index is 0.122. The summed E-state index contributed by atoms with van der Waals surface area (Å²) in [6, 6.07) is 13.5. The Hall–Kier alpha value is -2.10. The predicted octanol–water partition coefficient (Wildman–Crippen LogP) is 4.87. The molecule has 0 aromatic heterocycles. The summed E-state index contributed by atoms with van der Waals surface area (Å²) < 4.78 is 37.7. The van der Waals surface area contributed by atoms with Gasteiger partial charge in [-0.1, -0.05) is 42.5 Å². The van der Waals surface area contributed by atoms with Crippen molar-refractivity contribution in [3.8, 4) is 0 Å². The first-order valence-electron chi connectivity index (χ1n) is 6.50. The molecule has 1 nitrogen and oxygen atoms in total. The average molecular weight is 292 g/mol. The third-order valence-electron chi connectivity index (χ3n) is 3.54. The molecule has 0 bridgehead atoms. The van der Waals surface area contributed by atoms with Crippen LogP contribution in [0.1, 0.15) is 35.3 Å². The van der Waals surface area contributed by atoms with E-state index in [9.17, 15) is 18.0 Å². The fourth-order valence-electron chi connectivity index (χ4n) is 2.16. The molecule has 0 fully saturated rings. The summed E-state index contributed by atoms with van der Waals surface area (Å²) in [5.74, 6) is -0.122. The number of rotatable bonds is 3. The highest BCUT2D eigenvalue weighted by atomic mass is 19.4. The molecule has 0 aliphatic heterocycles. The lowest BCUT2D eigenvalue weighted by atomic mass is 9.78. The Kier molecular flexibility index (Phi) is 3.90. The lowest BCUT2D eigenvalue weighted by molar-refractivity contribution is -0.137. The Morgan fingerprint density at radius 1 is 0.810 bits per heavy atom. The van der Waals surface area contributed by atoms with Crippen molar-refractivity contribution in [3.05, 3.63) is 71.3 Å². The van der Waals surface area contributed by atoms with Crippen molar-refractivity contribution in [3.63, 3.8) is 0 Å². The van der Waals surface area contributed by atoms with Crippen molar-refractivity contribution in [1.82, 2.24) is 0 Å². The van der Waals surface area contributed by atoms with Crippen LogP contribution in [0.3, 0.4) is 0 Å². The molecule has 0 saturated heterocycles. The zero-order valence-corrected chi connectivity index (χ0v) is 11.7. The first-order valence-corrected chi connectivity index (χ1v) is 6.50. The first kappa shape index (κ1) is 15.3. The molecule has 0 heterocycles. The van der Waals surface area contributed by atoms with E-state index < -0.39 is 17.2 Å². The topological polar surface area (TPSA) is 17.1 Å². The van der Waals surface area contributed by atoms with Gasteiger partial charge in [0.1, 0.15) is 0 Å². The van der Waals surface area contributed by atoms with Crippen LogP contribution in [0.2, 0.25) is 0 Å². The number of carbonyl (C=O) groups is 1. The van der Waals surface area contributed by atoms with Crippen molar-refractivity contribution < 1.29 is 18.0 Å². The van der Waals surface area contributed by atoms with Crippen molar-refractivity contribution in [1.29, 1.82) is 0 Å². The van der Waals surface area contributed by atoms with Crippen LogP contribution >= 0.6 is 0 Å². The second-order valence-corrected chi connectivity index (χ2v) is 5.40. The van der Waals surface area contributed by atoms with E-state index in [4.69, 9.17) is 0 Å². The molecular weight excluding hydrogens is 277 g/mol. The number of carbonyl (C=O) groups excluding carboxylic acids is 1. The number of benzene rings is 2. The van der Waals surface area contributed by atoms with Crippen LogP contribution < -0.4 is 0 Å². The van der Waals surface area contributed by atoms with Gasteiger partial charge >= 0.3 is 6.18 Å². The van der Waals surface area contributed by atoms with Crippen LogP contribution in [-0.2, 0) is 11.6 Å². The SMILES string of the molecule is CC(C)(C(=O)c1ccccc1)c1ccc(C(F)(F)F)cc1. The van der Waals surface area contributed by atoms with E-state index in [1.165, 1.54) is 12.1 Å². The number of ketones is 1. The molecular formula is C17H15F3O. The Labute approximate surface area is 121 Å². The predicted molar refractivity (Wildman–Crippen MR) is 75.2 cm³/mol. The smallest absolute Gasteiger partial charge is 0.293 e. The zero-order valence-electron chi connectivity index (χ0n) is 11.7. The normalized spacial score (nSPS) is 12.2. The third-order valence-corrected chi connectivity index (χ3v) is 3.54. The highest BCUT2D eigenvalue weighted by Gasteiger charge is 2.33. The van der Waals surface area contributed by atoms with Crippen molar-refractivity contribution in [2.45, 2.75) is 25.4 Å². The molecule has 0 N–H and O–H groups in total. The lowest BCUT2D eigenvalue weighted by Gasteiger charge is -2.24. The molecule has 2 aromatic carbocycles. The summed E-state index contributed by atoms with van der Waals surface area (Å²) in [6.07, 6.45) is -4.37. The van der Waals surface area contributed by atoms with Gasteiger partial charge in [-0.05, 0) is 31.5 Å². The Morgan fingerprint density at radius 2 is 1.29 bits per heavy atom. The van der Waals surface area contributed by atoms with Gasteiger partial charge in [0.05, 0.1) is 11.0 Å². The Balaban J connectivity index is 2.34. The maximum absolute atomic E-state index is 12.6. The maximum atomic E-state index is 12.6. The quantitative estimate of drug-likeness (QED) is 0.738. The maximum Gasteiger partial charge on any atom is 0.416 e. The molecule has 0 saturated carbocycles. The van der Waals surface area contributed by atoms with Crippen molar-refractivity contribution in [2.24, 2.45) is 0 Å². The minimum atomic E-state index is -4.37. The molecule has 0 amide bonds. The zero-order chi connectivity index (χ0) is 15.7. The summed E-state index contributed by atoms with van der Waals surface area (Å²) in [5, 5.41) is 0. The largest absolute Gasteiger partial charge is 0.416 e. The molecule has 0 atom stereocenters. The number of alkyl halides is 3. The highest BCUT2D eigenvalue weighted by Crippen LogP contribution is 2.32. The van der Waals surface area contributed by atoms with Crippen LogP contribution in [-0.4, -0.2) is 5.78 Å². The molecule has 0 unspecified atom stereocenters. The summed E-state index contributed by atoms with van der Waals surface area (Å²) in [5.41, 5.74) is -0.494. The van der Waals surface area contributed by atoms with E-state index in [0.717, 1.165) is 12.1 Å². The lowest BCUT2D eigenvalue weighted by Crippen LogP contribution is -2.29. The molecule has 0 radical (unpaired) electrons. The third kappa shape index (κ3) is 3.15. The van der Waals surface area contributed by atoms with Gasteiger partial charge in [0.2, 0.25) is 0 Å². The molecule has 0 aliphatic rings. The van der Waals surface area contributed by atoms with E-state index >= 15 is 0 Å². The van der Waals surface area contributed by atoms with Crippen LogP contribution in [0.15, 0.2) is 54.6 Å². The van der Waals surface area contributed by atoms with E-state index in [-0.39, 0.29) is 5.78 Å². The number of Topliss-reactive ketones (excluding diaryl/α,β-unsaturated/α-hetero) is 1. The standard InChI is InChI=1S/C17H15F3O/c1-16(2,15(21)12-6-4-3-5-7-12)13-8-10-14(11-9-13)17(18,19)20/h3-11H,1-2H3. The van der Waals surface area contributed by atoms with Gasteiger partial charge in [-0.25, -0.2) is 0 Å². The molecule has 2 rings (SSSR count). The van der Waals surface area contributed by atoms with Gasteiger partial charge in [-0.2, -0.15) is 13.2 Å². The summed E-state index contributed by atoms with van der Waals surface area (Å²) in [6.45, 7) is 3.43. The number of hydrogen-bond acceptors (Lipinski definition) is 1. The average Bonchev–Trinajstić information content (AvgIpc) is 2.46. The highest BCUT2D eigenvalue weighted by molar-refractivity contribution is 6.03. The molecule has 0 spiro atoms. The van der Waals surface area contributed by atoms with Gasteiger partial charge in [0.15, 0.2) is 5.78 Å². The minimum Gasteiger partial charge on any atom is -0.293 e. The fourth-order valence-corrected chi connectivity index (χ4v) is 2.16. The van der Waals surface area contributed by atoms with Gasteiger partial charge in [0, 0.05) is 5.56 Å².